The standard InChI is InChI=1S/C20H21FN4O2/c1-11(26)24-25-15-8-20(2,3)9-16(27)18(15)17(14(10-22)19(25)23)12-4-6-13(21)7-5-12/h4-7,17H,8-9,23H2,1-3H3,(H,24,26). The highest BCUT2D eigenvalue weighted by Gasteiger charge is 2.44. The van der Waals surface area contributed by atoms with E-state index >= 15 is 0 Å². The zero-order valence-electron chi connectivity index (χ0n) is 15.5. The van der Waals surface area contributed by atoms with Gasteiger partial charge in [-0.2, -0.15) is 5.26 Å². The maximum atomic E-state index is 13.4. The van der Waals surface area contributed by atoms with Gasteiger partial charge in [0.05, 0.1) is 23.3 Å². The molecule has 1 aliphatic carbocycles. The van der Waals surface area contributed by atoms with Gasteiger partial charge >= 0.3 is 0 Å². The summed E-state index contributed by atoms with van der Waals surface area (Å²) in [5.41, 5.74) is 10.3. The van der Waals surface area contributed by atoms with E-state index < -0.39 is 11.7 Å². The number of nitrogens with zero attached hydrogens (tertiary/aromatic N) is 2. The van der Waals surface area contributed by atoms with Crippen LogP contribution in [0.4, 0.5) is 4.39 Å². The fourth-order valence-corrected chi connectivity index (χ4v) is 3.78. The predicted octanol–water partition coefficient (Wildman–Crippen LogP) is 2.61. The number of hydrogen-bond donors (Lipinski definition) is 2. The molecule has 0 aromatic heterocycles. The molecule has 2 aliphatic rings. The fraction of sp³-hybridized carbons (Fsp3) is 0.350. The predicted molar refractivity (Wildman–Crippen MR) is 96.7 cm³/mol. The van der Waals surface area contributed by atoms with E-state index in [1.807, 2.05) is 13.8 Å². The van der Waals surface area contributed by atoms with Crippen molar-refractivity contribution in [2.45, 2.75) is 39.5 Å². The van der Waals surface area contributed by atoms with Crippen LogP contribution in [-0.4, -0.2) is 16.7 Å². The number of ketones is 1. The van der Waals surface area contributed by atoms with Crippen LogP contribution in [0.25, 0.3) is 0 Å². The van der Waals surface area contributed by atoms with E-state index in [2.05, 4.69) is 11.5 Å². The zero-order valence-corrected chi connectivity index (χ0v) is 15.5. The minimum atomic E-state index is -0.681. The van der Waals surface area contributed by atoms with Gasteiger partial charge in [-0.05, 0) is 29.5 Å². The average molecular weight is 368 g/mol. The molecule has 0 saturated carbocycles. The lowest BCUT2D eigenvalue weighted by Gasteiger charge is -2.43. The summed E-state index contributed by atoms with van der Waals surface area (Å²) in [5, 5.41) is 11.1. The number of nitriles is 1. The first kappa shape index (κ1) is 18.6. The van der Waals surface area contributed by atoms with E-state index in [9.17, 15) is 19.2 Å². The summed E-state index contributed by atoms with van der Waals surface area (Å²) < 4.78 is 13.4. The van der Waals surface area contributed by atoms with Gasteiger partial charge in [-0.1, -0.05) is 26.0 Å². The zero-order chi connectivity index (χ0) is 19.9. The number of nitrogens with two attached hydrogens (primary N) is 1. The molecule has 1 aromatic carbocycles. The number of amides is 1. The van der Waals surface area contributed by atoms with Gasteiger partial charge < -0.3 is 5.73 Å². The maximum absolute atomic E-state index is 13.4. The largest absolute Gasteiger partial charge is 0.383 e. The summed E-state index contributed by atoms with van der Waals surface area (Å²) in [6, 6.07) is 7.76. The summed E-state index contributed by atoms with van der Waals surface area (Å²) >= 11 is 0. The lowest BCUT2D eigenvalue weighted by atomic mass is 9.69. The number of carbonyl (C=O) groups is 2. The average Bonchev–Trinajstić information content (AvgIpc) is 2.57. The van der Waals surface area contributed by atoms with Crippen molar-refractivity contribution in [3.05, 3.63) is 58.3 Å². The summed E-state index contributed by atoms with van der Waals surface area (Å²) in [5.74, 6) is -1.48. The summed E-state index contributed by atoms with van der Waals surface area (Å²) in [4.78, 5) is 24.7. The van der Waals surface area contributed by atoms with Gasteiger partial charge in [-0.15, -0.1) is 0 Å². The van der Waals surface area contributed by atoms with Crippen LogP contribution in [0, 0.1) is 22.6 Å². The Labute approximate surface area is 157 Å². The first-order chi connectivity index (χ1) is 12.6. The Hall–Kier alpha value is -3.14. The highest BCUT2D eigenvalue weighted by Crippen LogP contribution is 2.48. The number of nitrogens with one attached hydrogen (secondary N) is 1. The van der Waals surface area contributed by atoms with Crippen LogP contribution in [-0.2, 0) is 9.59 Å². The second-order valence-electron chi connectivity index (χ2n) is 7.70. The van der Waals surface area contributed by atoms with Gasteiger partial charge in [0, 0.05) is 18.9 Å². The molecule has 7 heteroatoms. The molecule has 1 unspecified atom stereocenters. The number of rotatable bonds is 2. The molecule has 1 aromatic rings. The summed E-state index contributed by atoms with van der Waals surface area (Å²) in [6.45, 7) is 5.27. The second-order valence-corrected chi connectivity index (χ2v) is 7.70. The van der Waals surface area contributed by atoms with Crippen molar-refractivity contribution in [3.8, 4) is 6.07 Å². The Morgan fingerprint density at radius 1 is 1.33 bits per heavy atom. The SMILES string of the molecule is CC(=O)NN1C(N)=C(C#N)C(c2ccc(F)cc2)C2=C1CC(C)(C)CC2=O. The Balaban J connectivity index is 2.25. The molecule has 0 bridgehead atoms. The van der Waals surface area contributed by atoms with Crippen molar-refractivity contribution in [1.29, 1.82) is 5.26 Å². The first-order valence-electron chi connectivity index (χ1n) is 8.63. The third-order valence-corrected chi connectivity index (χ3v) is 4.85. The molecule has 1 atom stereocenters. The molecule has 0 saturated heterocycles. The van der Waals surface area contributed by atoms with E-state index in [0.29, 0.717) is 29.7 Å². The third-order valence-electron chi connectivity index (χ3n) is 4.85. The van der Waals surface area contributed by atoms with Gasteiger partial charge in [0.2, 0.25) is 5.91 Å². The molecule has 0 fully saturated rings. The van der Waals surface area contributed by atoms with Crippen LogP contribution in [0.5, 0.6) is 0 Å². The lowest BCUT2D eigenvalue weighted by Crippen LogP contribution is -2.49. The van der Waals surface area contributed by atoms with Crippen LogP contribution >= 0.6 is 0 Å². The minimum absolute atomic E-state index is 0.0753. The number of halogens is 1. The number of hydrazine groups is 1. The van der Waals surface area contributed by atoms with Crippen LogP contribution in [0.1, 0.15) is 45.1 Å². The van der Waals surface area contributed by atoms with E-state index in [0.717, 1.165) is 0 Å². The fourth-order valence-electron chi connectivity index (χ4n) is 3.78. The van der Waals surface area contributed by atoms with Gasteiger partial charge in [-0.3, -0.25) is 15.0 Å². The molecular formula is C20H21FN4O2. The number of hydrogen-bond acceptors (Lipinski definition) is 5. The quantitative estimate of drug-likeness (QED) is 0.836. The van der Waals surface area contributed by atoms with Crippen molar-refractivity contribution in [2.75, 3.05) is 0 Å². The number of Topliss-reactive ketones (excluding diaryl/α,β-unsaturated/α-hetero) is 1. The highest BCUT2D eigenvalue weighted by molar-refractivity contribution is 6.00. The topological polar surface area (TPSA) is 99.2 Å². The second kappa shape index (κ2) is 6.54. The molecule has 1 aliphatic heterocycles. The van der Waals surface area contributed by atoms with E-state index in [1.165, 1.54) is 24.1 Å². The monoisotopic (exact) mass is 368 g/mol. The van der Waals surface area contributed by atoms with Gasteiger partial charge in [0.25, 0.3) is 0 Å². The van der Waals surface area contributed by atoms with Gasteiger partial charge in [0.15, 0.2) is 5.78 Å². The molecule has 1 amide bonds. The van der Waals surface area contributed by atoms with E-state index in [1.54, 1.807) is 12.1 Å². The molecule has 27 heavy (non-hydrogen) atoms. The Morgan fingerprint density at radius 3 is 2.52 bits per heavy atom. The Kier molecular flexibility index (Phi) is 4.52. The maximum Gasteiger partial charge on any atom is 0.235 e. The minimum Gasteiger partial charge on any atom is -0.383 e. The first-order valence-corrected chi connectivity index (χ1v) is 8.63. The molecule has 3 rings (SSSR count). The third kappa shape index (κ3) is 3.31. The van der Waals surface area contributed by atoms with Crippen molar-refractivity contribution in [2.24, 2.45) is 11.1 Å². The number of allylic oxidation sites excluding steroid dienone is 3. The molecule has 3 N–H and O–H groups in total. The number of carbonyl (C=O) groups excluding carboxylic acids is 2. The van der Waals surface area contributed by atoms with Crippen LogP contribution in [0.15, 0.2) is 46.9 Å². The normalized spacial score (nSPS) is 21.7. The van der Waals surface area contributed by atoms with E-state index in [4.69, 9.17) is 5.73 Å². The molecule has 140 valence electrons. The smallest absolute Gasteiger partial charge is 0.235 e. The molecular weight excluding hydrogens is 347 g/mol. The highest BCUT2D eigenvalue weighted by atomic mass is 19.1. The van der Waals surface area contributed by atoms with Crippen molar-refractivity contribution in [3.63, 3.8) is 0 Å². The summed E-state index contributed by atoms with van der Waals surface area (Å²) in [6.07, 6.45) is 0.821. The number of benzene rings is 1. The molecule has 6 nitrogen and oxygen atoms in total. The summed E-state index contributed by atoms with van der Waals surface area (Å²) in [7, 11) is 0. The molecule has 1 heterocycles. The van der Waals surface area contributed by atoms with Crippen LogP contribution in [0.2, 0.25) is 0 Å². The van der Waals surface area contributed by atoms with Crippen molar-refractivity contribution in [1.82, 2.24) is 10.4 Å². The van der Waals surface area contributed by atoms with Gasteiger partial charge in [-0.25, -0.2) is 9.40 Å². The Bertz CT molecular complexity index is 922. The van der Waals surface area contributed by atoms with Gasteiger partial charge in [0.1, 0.15) is 11.6 Å². The van der Waals surface area contributed by atoms with Crippen molar-refractivity contribution < 1.29 is 14.0 Å². The lowest BCUT2D eigenvalue weighted by molar-refractivity contribution is -0.123. The van der Waals surface area contributed by atoms with E-state index in [-0.39, 0.29) is 28.5 Å². The Morgan fingerprint density at radius 2 is 1.96 bits per heavy atom. The molecule has 0 spiro atoms. The van der Waals surface area contributed by atoms with Crippen molar-refractivity contribution >= 4 is 11.7 Å². The van der Waals surface area contributed by atoms with Crippen LogP contribution < -0.4 is 11.2 Å². The molecule has 0 radical (unpaired) electrons. The van der Waals surface area contributed by atoms with Crippen LogP contribution in [0.3, 0.4) is 0 Å².